The molecule has 6 nitrogen and oxygen atoms in total. The van der Waals surface area contributed by atoms with Crippen molar-refractivity contribution in [2.45, 2.75) is 6.54 Å². The van der Waals surface area contributed by atoms with Crippen LogP contribution in [0.3, 0.4) is 0 Å². The third kappa shape index (κ3) is 6.71. The summed E-state index contributed by atoms with van der Waals surface area (Å²) >= 11 is 0. The standard InChI is InChI=1S/C18H22N4O2.2ClH/c23-18(14-19-16-4-2-1-3-5-16)21-13-15-6-7-17(20-12-15)22-8-10-24-11-9-22;;/h1-7,12,19H,8-11,13-14H2,(H,21,23);2*1H. The number of morpholine rings is 1. The molecule has 26 heavy (non-hydrogen) atoms. The molecule has 2 N–H and O–H groups in total. The Balaban J connectivity index is 0.00000169. The van der Waals surface area contributed by atoms with Crippen molar-refractivity contribution in [2.24, 2.45) is 0 Å². The second kappa shape index (κ2) is 11.6. The highest BCUT2D eigenvalue weighted by Crippen LogP contribution is 2.13. The maximum absolute atomic E-state index is 11.9. The van der Waals surface area contributed by atoms with Gasteiger partial charge in [-0.15, -0.1) is 24.8 Å². The number of hydrogen-bond acceptors (Lipinski definition) is 5. The lowest BCUT2D eigenvalue weighted by atomic mass is 10.2. The number of aromatic nitrogens is 1. The second-order valence-electron chi connectivity index (χ2n) is 5.62. The first kappa shape index (κ1) is 22.0. The van der Waals surface area contributed by atoms with Crippen LogP contribution in [0, 0.1) is 0 Å². The van der Waals surface area contributed by atoms with Gasteiger partial charge in [-0.3, -0.25) is 4.79 Å². The summed E-state index contributed by atoms with van der Waals surface area (Å²) < 4.78 is 5.34. The summed E-state index contributed by atoms with van der Waals surface area (Å²) in [4.78, 5) is 18.6. The zero-order chi connectivity index (χ0) is 16.6. The van der Waals surface area contributed by atoms with Crippen molar-refractivity contribution < 1.29 is 9.53 Å². The van der Waals surface area contributed by atoms with E-state index >= 15 is 0 Å². The smallest absolute Gasteiger partial charge is 0.239 e. The number of hydrogen-bond donors (Lipinski definition) is 2. The molecule has 0 unspecified atom stereocenters. The Morgan fingerprint density at radius 2 is 1.81 bits per heavy atom. The number of ether oxygens (including phenoxy) is 1. The molecule has 0 radical (unpaired) electrons. The van der Waals surface area contributed by atoms with Gasteiger partial charge >= 0.3 is 0 Å². The second-order valence-corrected chi connectivity index (χ2v) is 5.62. The minimum absolute atomic E-state index is 0. The molecule has 1 aromatic heterocycles. The summed E-state index contributed by atoms with van der Waals surface area (Å²) in [5.41, 5.74) is 1.92. The fourth-order valence-corrected chi connectivity index (χ4v) is 2.50. The molecule has 2 aromatic rings. The van der Waals surface area contributed by atoms with E-state index in [1.165, 1.54) is 0 Å². The number of nitrogens with zero attached hydrogens (tertiary/aromatic N) is 2. The van der Waals surface area contributed by atoms with Crippen molar-refractivity contribution in [3.05, 3.63) is 54.2 Å². The lowest BCUT2D eigenvalue weighted by Crippen LogP contribution is -2.36. The Morgan fingerprint density at radius 3 is 2.46 bits per heavy atom. The fraction of sp³-hybridized carbons (Fsp3) is 0.333. The summed E-state index contributed by atoms with van der Waals surface area (Å²) in [5, 5.41) is 5.98. The van der Waals surface area contributed by atoms with Gasteiger partial charge in [0, 0.05) is 31.5 Å². The highest BCUT2D eigenvalue weighted by molar-refractivity contribution is 5.85. The number of halogens is 2. The van der Waals surface area contributed by atoms with Crippen LogP contribution in [0.1, 0.15) is 5.56 Å². The van der Waals surface area contributed by atoms with Gasteiger partial charge in [0.1, 0.15) is 5.82 Å². The van der Waals surface area contributed by atoms with Crippen LogP contribution in [-0.2, 0) is 16.1 Å². The van der Waals surface area contributed by atoms with E-state index in [0.29, 0.717) is 6.54 Å². The van der Waals surface area contributed by atoms with Gasteiger partial charge in [-0.25, -0.2) is 4.98 Å². The van der Waals surface area contributed by atoms with Crippen LogP contribution in [0.15, 0.2) is 48.7 Å². The third-order valence-corrected chi connectivity index (χ3v) is 3.86. The molecule has 0 saturated carbocycles. The fourth-order valence-electron chi connectivity index (χ4n) is 2.50. The molecule has 1 amide bonds. The first-order chi connectivity index (χ1) is 11.8. The van der Waals surface area contributed by atoms with E-state index in [9.17, 15) is 4.79 Å². The maximum Gasteiger partial charge on any atom is 0.239 e. The number of anilines is 2. The Morgan fingerprint density at radius 1 is 1.08 bits per heavy atom. The molecule has 0 aliphatic carbocycles. The topological polar surface area (TPSA) is 66.5 Å². The van der Waals surface area contributed by atoms with Crippen LogP contribution in [-0.4, -0.2) is 43.7 Å². The number of benzene rings is 1. The molecular weight excluding hydrogens is 375 g/mol. The molecule has 1 saturated heterocycles. The molecule has 0 atom stereocenters. The van der Waals surface area contributed by atoms with Crippen LogP contribution in [0.4, 0.5) is 11.5 Å². The van der Waals surface area contributed by atoms with Crippen LogP contribution < -0.4 is 15.5 Å². The van der Waals surface area contributed by atoms with Gasteiger partial charge in [-0.05, 0) is 23.8 Å². The summed E-state index contributed by atoms with van der Waals surface area (Å²) in [6.45, 7) is 3.96. The number of carbonyl (C=O) groups excluding carboxylic acids is 1. The minimum Gasteiger partial charge on any atom is -0.378 e. The van der Waals surface area contributed by atoms with E-state index in [2.05, 4.69) is 20.5 Å². The zero-order valence-electron chi connectivity index (χ0n) is 14.4. The average molecular weight is 399 g/mol. The van der Waals surface area contributed by atoms with Gasteiger partial charge in [0.2, 0.25) is 5.91 Å². The van der Waals surface area contributed by atoms with Gasteiger partial charge in [-0.2, -0.15) is 0 Å². The van der Waals surface area contributed by atoms with Crippen molar-refractivity contribution in [1.29, 1.82) is 0 Å². The average Bonchev–Trinajstić information content (AvgIpc) is 2.67. The zero-order valence-corrected chi connectivity index (χ0v) is 16.0. The van der Waals surface area contributed by atoms with E-state index in [-0.39, 0.29) is 37.3 Å². The van der Waals surface area contributed by atoms with Gasteiger partial charge in [0.25, 0.3) is 0 Å². The SMILES string of the molecule is Cl.Cl.O=C(CNc1ccccc1)NCc1ccc(N2CCOCC2)nc1. The van der Waals surface area contributed by atoms with Crippen molar-refractivity contribution in [3.8, 4) is 0 Å². The lowest BCUT2D eigenvalue weighted by molar-refractivity contribution is -0.119. The van der Waals surface area contributed by atoms with Crippen molar-refractivity contribution in [1.82, 2.24) is 10.3 Å². The number of para-hydroxylation sites is 1. The summed E-state index contributed by atoms with van der Waals surface area (Å²) in [6.07, 6.45) is 1.82. The monoisotopic (exact) mass is 398 g/mol. The van der Waals surface area contributed by atoms with Crippen LogP contribution >= 0.6 is 24.8 Å². The van der Waals surface area contributed by atoms with E-state index in [4.69, 9.17) is 4.74 Å². The lowest BCUT2D eigenvalue weighted by Gasteiger charge is -2.27. The minimum atomic E-state index is -0.0453. The number of nitrogens with one attached hydrogen (secondary N) is 2. The Kier molecular flexibility index (Phi) is 9.80. The molecular formula is C18H24Cl2N4O2. The molecule has 1 aliphatic rings. The highest BCUT2D eigenvalue weighted by Gasteiger charge is 2.12. The predicted octanol–water partition coefficient (Wildman–Crippen LogP) is 2.49. The molecule has 3 rings (SSSR count). The van der Waals surface area contributed by atoms with E-state index in [0.717, 1.165) is 43.4 Å². The van der Waals surface area contributed by atoms with Gasteiger partial charge < -0.3 is 20.3 Å². The van der Waals surface area contributed by atoms with E-state index in [1.54, 1.807) is 0 Å². The summed E-state index contributed by atoms with van der Waals surface area (Å²) in [5.74, 6) is 0.912. The van der Waals surface area contributed by atoms with Crippen LogP contribution in [0.5, 0.6) is 0 Å². The van der Waals surface area contributed by atoms with Crippen molar-refractivity contribution in [3.63, 3.8) is 0 Å². The molecule has 2 heterocycles. The Bertz CT molecular complexity index is 650. The van der Waals surface area contributed by atoms with Crippen molar-refractivity contribution >= 4 is 42.2 Å². The van der Waals surface area contributed by atoms with E-state index in [1.807, 2.05) is 48.7 Å². The third-order valence-electron chi connectivity index (χ3n) is 3.86. The van der Waals surface area contributed by atoms with Crippen LogP contribution in [0.25, 0.3) is 0 Å². The number of rotatable bonds is 6. The molecule has 0 spiro atoms. The number of amides is 1. The molecule has 1 fully saturated rings. The van der Waals surface area contributed by atoms with Gasteiger partial charge in [0.05, 0.1) is 19.8 Å². The Hall–Kier alpha value is -2.02. The predicted molar refractivity (Wildman–Crippen MR) is 109 cm³/mol. The molecule has 1 aromatic carbocycles. The molecule has 0 bridgehead atoms. The molecule has 142 valence electrons. The summed E-state index contributed by atoms with van der Waals surface area (Å²) in [7, 11) is 0. The first-order valence-corrected chi connectivity index (χ1v) is 8.14. The molecule has 8 heteroatoms. The van der Waals surface area contributed by atoms with Gasteiger partial charge in [0.15, 0.2) is 0 Å². The summed E-state index contributed by atoms with van der Waals surface area (Å²) in [6, 6.07) is 13.7. The van der Waals surface area contributed by atoms with Crippen molar-refractivity contribution in [2.75, 3.05) is 43.1 Å². The normalized spacial score (nSPS) is 13.2. The van der Waals surface area contributed by atoms with Crippen LogP contribution in [0.2, 0.25) is 0 Å². The maximum atomic E-state index is 11.9. The Labute approximate surface area is 166 Å². The molecule has 1 aliphatic heterocycles. The van der Waals surface area contributed by atoms with Gasteiger partial charge in [-0.1, -0.05) is 24.3 Å². The number of carbonyl (C=O) groups is 1. The first-order valence-electron chi connectivity index (χ1n) is 8.14. The quantitative estimate of drug-likeness (QED) is 0.782. The highest BCUT2D eigenvalue weighted by atomic mass is 35.5. The number of pyridine rings is 1. The van der Waals surface area contributed by atoms with E-state index < -0.39 is 0 Å². The largest absolute Gasteiger partial charge is 0.378 e.